The van der Waals surface area contributed by atoms with Crippen LogP contribution in [0.15, 0.2) is 18.2 Å². The van der Waals surface area contributed by atoms with Crippen molar-refractivity contribution in [1.82, 2.24) is 5.32 Å². The zero-order valence-corrected chi connectivity index (χ0v) is 10.4. The molecule has 0 aromatic heterocycles. The molecule has 3 heteroatoms. The molecule has 0 unspecified atom stereocenters. The van der Waals surface area contributed by atoms with Gasteiger partial charge in [0.15, 0.2) is 0 Å². The van der Waals surface area contributed by atoms with Gasteiger partial charge in [-0.15, -0.1) is 0 Å². The highest BCUT2D eigenvalue weighted by Gasteiger charge is 2.36. The molecule has 0 atom stereocenters. The van der Waals surface area contributed by atoms with Gasteiger partial charge in [-0.25, -0.2) is 0 Å². The van der Waals surface area contributed by atoms with Crippen molar-refractivity contribution >= 4 is 29.3 Å². The van der Waals surface area contributed by atoms with Crippen molar-refractivity contribution in [2.75, 3.05) is 13.1 Å². The van der Waals surface area contributed by atoms with Gasteiger partial charge >= 0.3 is 0 Å². The number of halogens is 2. The SMILES string of the molecule is Clc1cc2c(cc1Cl)C1(C=C2)CCNCC1. The number of hydrogen-bond acceptors (Lipinski definition) is 1. The Morgan fingerprint density at radius 1 is 1.06 bits per heavy atom. The molecule has 1 nitrogen and oxygen atoms in total. The molecule has 1 saturated heterocycles. The zero-order chi connectivity index (χ0) is 11.2. The third-order valence-electron chi connectivity index (χ3n) is 3.71. The van der Waals surface area contributed by atoms with E-state index in [2.05, 4.69) is 17.5 Å². The Morgan fingerprint density at radius 2 is 1.75 bits per heavy atom. The molecular weight excluding hydrogens is 241 g/mol. The average molecular weight is 254 g/mol. The van der Waals surface area contributed by atoms with Gasteiger partial charge in [-0.05, 0) is 49.2 Å². The second-order valence-corrected chi connectivity index (χ2v) is 5.41. The van der Waals surface area contributed by atoms with Crippen molar-refractivity contribution < 1.29 is 0 Å². The molecule has 1 N–H and O–H groups in total. The summed E-state index contributed by atoms with van der Waals surface area (Å²) in [5.74, 6) is 0. The Hall–Kier alpha value is -0.500. The highest BCUT2D eigenvalue weighted by atomic mass is 35.5. The summed E-state index contributed by atoms with van der Waals surface area (Å²) in [6, 6.07) is 4.02. The van der Waals surface area contributed by atoms with Gasteiger partial charge in [0.05, 0.1) is 10.0 Å². The van der Waals surface area contributed by atoms with Crippen LogP contribution in [0.2, 0.25) is 10.0 Å². The van der Waals surface area contributed by atoms with E-state index in [0.29, 0.717) is 10.0 Å². The molecule has 0 saturated carbocycles. The van der Waals surface area contributed by atoms with Crippen molar-refractivity contribution in [2.24, 2.45) is 0 Å². The smallest absolute Gasteiger partial charge is 0.0598 e. The number of allylic oxidation sites excluding steroid dienone is 1. The first-order chi connectivity index (χ1) is 7.71. The third kappa shape index (κ3) is 1.50. The molecule has 1 aromatic carbocycles. The number of nitrogens with one attached hydrogen (secondary N) is 1. The summed E-state index contributed by atoms with van der Waals surface area (Å²) in [7, 11) is 0. The van der Waals surface area contributed by atoms with Crippen LogP contribution in [0.1, 0.15) is 24.0 Å². The maximum absolute atomic E-state index is 6.12. The van der Waals surface area contributed by atoms with Gasteiger partial charge in [-0.1, -0.05) is 35.4 Å². The molecule has 2 aliphatic rings. The molecular formula is C13H13Cl2N. The highest BCUT2D eigenvalue weighted by molar-refractivity contribution is 6.42. The summed E-state index contributed by atoms with van der Waals surface area (Å²) >= 11 is 12.2. The number of benzene rings is 1. The van der Waals surface area contributed by atoms with Crippen molar-refractivity contribution in [3.63, 3.8) is 0 Å². The molecule has 0 amide bonds. The van der Waals surface area contributed by atoms with Crippen LogP contribution in [0, 0.1) is 0 Å². The quantitative estimate of drug-likeness (QED) is 0.745. The Kier molecular flexibility index (Phi) is 2.50. The zero-order valence-electron chi connectivity index (χ0n) is 8.89. The van der Waals surface area contributed by atoms with Gasteiger partial charge in [0.1, 0.15) is 0 Å². The maximum Gasteiger partial charge on any atom is 0.0598 e. The molecule has 0 radical (unpaired) electrons. The summed E-state index contributed by atoms with van der Waals surface area (Å²) in [5.41, 5.74) is 2.79. The van der Waals surface area contributed by atoms with Gasteiger partial charge in [0.2, 0.25) is 0 Å². The number of hydrogen-bond donors (Lipinski definition) is 1. The van der Waals surface area contributed by atoms with Crippen molar-refractivity contribution in [1.29, 1.82) is 0 Å². The fraction of sp³-hybridized carbons (Fsp3) is 0.385. The fourth-order valence-electron chi connectivity index (χ4n) is 2.78. The molecule has 1 spiro atoms. The van der Waals surface area contributed by atoms with Crippen LogP contribution < -0.4 is 5.32 Å². The Morgan fingerprint density at radius 3 is 2.50 bits per heavy atom. The number of fused-ring (bicyclic) bond motifs is 2. The monoisotopic (exact) mass is 253 g/mol. The minimum absolute atomic E-state index is 0.203. The highest BCUT2D eigenvalue weighted by Crippen LogP contribution is 2.44. The van der Waals surface area contributed by atoms with Crippen LogP contribution in [0.3, 0.4) is 0 Å². The van der Waals surface area contributed by atoms with E-state index >= 15 is 0 Å². The predicted molar refractivity (Wildman–Crippen MR) is 69.3 cm³/mol. The third-order valence-corrected chi connectivity index (χ3v) is 4.43. The molecule has 1 aromatic rings. The molecule has 1 aliphatic heterocycles. The van der Waals surface area contributed by atoms with Crippen LogP contribution in [0.4, 0.5) is 0 Å². The van der Waals surface area contributed by atoms with Crippen LogP contribution in [0.25, 0.3) is 6.08 Å². The van der Waals surface area contributed by atoms with Gasteiger partial charge in [-0.3, -0.25) is 0 Å². The lowest BCUT2D eigenvalue weighted by molar-refractivity contribution is 0.378. The first kappa shape index (κ1) is 10.6. The van der Waals surface area contributed by atoms with E-state index in [-0.39, 0.29) is 5.41 Å². The topological polar surface area (TPSA) is 12.0 Å². The van der Waals surface area contributed by atoms with E-state index < -0.39 is 0 Å². The Bertz CT molecular complexity index is 459. The van der Waals surface area contributed by atoms with E-state index in [4.69, 9.17) is 23.2 Å². The lowest BCUT2D eigenvalue weighted by Crippen LogP contribution is -2.37. The molecule has 1 heterocycles. The standard InChI is InChI=1S/C13H13Cl2N/c14-11-7-9-1-2-13(3-5-16-6-4-13)10(9)8-12(11)15/h1-2,7-8,16H,3-6H2. The maximum atomic E-state index is 6.12. The van der Waals surface area contributed by atoms with E-state index in [0.717, 1.165) is 25.9 Å². The lowest BCUT2D eigenvalue weighted by Gasteiger charge is -2.34. The minimum atomic E-state index is 0.203. The molecule has 16 heavy (non-hydrogen) atoms. The summed E-state index contributed by atoms with van der Waals surface area (Å²) in [4.78, 5) is 0. The Labute approximate surface area is 105 Å². The van der Waals surface area contributed by atoms with E-state index in [1.807, 2.05) is 12.1 Å². The second kappa shape index (κ2) is 3.76. The molecule has 3 rings (SSSR count). The summed E-state index contributed by atoms with van der Waals surface area (Å²) in [6.45, 7) is 2.15. The second-order valence-electron chi connectivity index (χ2n) is 4.59. The van der Waals surface area contributed by atoms with Gasteiger partial charge < -0.3 is 5.32 Å². The summed E-state index contributed by atoms with van der Waals surface area (Å²) in [5, 5.41) is 4.72. The van der Waals surface area contributed by atoms with Gasteiger partial charge in [0.25, 0.3) is 0 Å². The van der Waals surface area contributed by atoms with Crippen LogP contribution in [-0.2, 0) is 5.41 Å². The van der Waals surface area contributed by atoms with Crippen molar-refractivity contribution in [2.45, 2.75) is 18.3 Å². The summed E-state index contributed by atoms with van der Waals surface area (Å²) in [6.07, 6.45) is 6.80. The van der Waals surface area contributed by atoms with Crippen LogP contribution >= 0.6 is 23.2 Å². The fourth-order valence-corrected chi connectivity index (χ4v) is 3.12. The van der Waals surface area contributed by atoms with Gasteiger partial charge in [-0.2, -0.15) is 0 Å². The van der Waals surface area contributed by atoms with Crippen LogP contribution in [-0.4, -0.2) is 13.1 Å². The van der Waals surface area contributed by atoms with E-state index in [1.54, 1.807) is 0 Å². The van der Waals surface area contributed by atoms with E-state index in [1.165, 1.54) is 11.1 Å². The lowest BCUT2D eigenvalue weighted by atomic mass is 9.75. The Balaban J connectivity index is 2.10. The number of piperidine rings is 1. The van der Waals surface area contributed by atoms with E-state index in [9.17, 15) is 0 Å². The van der Waals surface area contributed by atoms with Crippen molar-refractivity contribution in [3.05, 3.63) is 39.4 Å². The first-order valence-electron chi connectivity index (χ1n) is 5.61. The normalized spacial score (nSPS) is 21.4. The average Bonchev–Trinajstić information content (AvgIpc) is 2.60. The minimum Gasteiger partial charge on any atom is -0.317 e. The predicted octanol–water partition coefficient (Wildman–Crippen LogP) is 3.64. The van der Waals surface area contributed by atoms with Gasteiger partial charge in [0, 0.05) is 5.41 Å². The molecule has 84 valence electrons. The summed E-state index contributed by atoms with van der Waals surface area (Å²) < 4.78 is 0. The van der Waals surface area contributed by atoms with Crippen molar-refractivity contribution in [3.8, 4) is 0 Å². The van der Waals surface area contributed by atoms with Crippen LogP contribution in [0.5, 0.6) is 0 Å². The largest absolute Gasteiger partial charge is 0.317 e. The molecule has 1 fully saturated rings. The number of rotatable bonds is 0. The molecule has 1 aliphatic carbocycles. The molecule has 0 bridgehead atoms. The first-order valence-corrected chi connectivity index (χ1v) is 6.36.